The number of nitrogens with two attached hydrogens (primary N) is 1. The summed E-state index contributed by atoms with van der Waals surface area (Å²) in [5.74, 6) is -0.216. The van der Waals surface area contributed by atoms with Gasteiger partial charge in [-0.2, -0.15) is 0 Å². The molecule has 1 aromatic carbocycles. The van der Waals surface area contributed by atoms with Crippen LogP contribution in [-0.4, -0.2) is 9.13 Å². The topological polar surface area (TPSA) is 35.9 Å². The Labute approximate surface area is 117 Å². The van der Waals surface area contributed by atoms with Gasteiger partial charge in [0.1, 0.15) is 5.82 Å². The van der Waals surface area contributed by atoms with Crippen molar-refractivity contribution in [1.29, 1.82) is 0 Å². The molecule has 0 amide bonds. The second-order valence-electron chi connectivity index (χ2n) is 3.77. The number of benzene rings is 1. The molecule has 0 bridgehead atoms. The average molecular weight is 430 g/mol. The molecule has 2 rings (SSSR count). The molecule has 2 aromatic rings. The molecule has 0 saturated heterocycles. The average Bonchev–Trinajstić information content (AvgIpc) is 2.71. The van der Waals surface area contributed by atoms with Crippen molar-refractivity contribution in [2.75, 3.05) is 0 Å². The standard InChI is InChI=1S/C7H8FN.C6H10N2.Pt/c8-7-3-1-6(5-9)2-4-7;1-3-8-5-4-7(2)6-8;/h1-4H,5,9H2;4-5H,3H2,1-2H3;. The number of nitrogens with zero attached hydrogens (tertiary/aromatic N) is 2. The predicted molar refractivity (Wildman–Crippen MR) is 66.6 cm³/mol. The van der Waals surface area contributed by atoms with Crippen LogP contribution in [0.3, 0.4) is 0 Å². The summed E-state index contributed by atoms with van der Waals surface area (Å²) in [5.41, 5.74) is 6.23. The zero-order valence-corrected chi connectivity index (χ0v) is 12.8. The van der Waals surface area contributed by atoms with Gasteiger partial charge >= 0.3 is 65.2 Å². The minimum atomic E-state index is -0.216. The van der Waals surface area contributed by atoms with Gasteiger partial charge in [0, 0.05) is 6.54 Å². The van der Waals surface area contributed by atoms with Crippen LogP contribution in [0.4, 0.5) is 4.39 Å². The van der Waals surface area contributed by atoms with E-state index in [1.54, 1.807) is 12.1 Å². The van der Waals surface area contributed by atoms with Gasteiger partial charge in [-0.1, -0.05) is 12.1 Å². The molecule has 0 spiro atoms. The zero-order valence-electron chi connectivity index (χ0n) is 10.5. The molecule has 102 valence electrons. The van der Waals surface area contributed by atoms with Gasteiger partial charge in [0.05, 0.1) is 0 Å². The van der Waals surface area contributed by atoms with Crippen molar-refractivity contribution in [2.24, 2.45) is 12.8 Å². The van der Waals surface area contributed by atoms with Crippen molar-refractivity contribution in [3.8, 4) is 0 Å². The van der Waals surface area contributed by atoms with Gasteiger partial charge in [-0.05, 0) is 17.7 Å². The van der Waals surface area contributed by atoms with Crippen molar-refractivity contribution in [1.82, 2.24) is 9.13 Å². The van der Waals surface area contributed by atoms with Crippen LogP contribution < -0.4 is 5.73 Å². The van der Waals surface area contributed by atoms with Crippen LogP contribution in [0, 0.1) is 9.62 Å². The Morgan fingerprint density at radius 2 is 1.83 bits per heavy atom. The maximum Gasteiger partial charge on any atom is 0.123 e. The second kappa shape index (κ2) is 7.44. The minimum Gasteiger partial charge on any atom is -0.326 e. The normalized spacial score (nSPS) is 9.89. The molecule has 0 aliphatic rings. The fraction of sp³-hybridized carbons (Fsp3) is 0.308. The molecular weight excluding hydrogens is 412 g/mol. The molecule has 0 unspecified atom stereocenters. The number of hydrogen-bond acceptors (Lipinski definition) is 1. The van der Waals surface area contributed by atoms with E-state index in [2.05, 4.69) is 54.9 Å². The van der Waals surface area contributed by atoms with Crippen molar-refractivity contribution in [2.45, 2.75) is 20.0 Å². The summed E-state index contributed by atoms with van der Waals surface area (Å²) >= 11 is 2.31. The van der Waals surface area contributed by atoms with Crippen LogP contribution in [0.15, 0.2) is 36.7 Å². The molecule has 1 heterocycles. The molecule has 0 aliphatic carbocycles. The summed E-state index contributed by atoms with van der Waals surface area (Å²) in [6, 6.07) is 6.16. The summed E-state index contributed by atoms with van der Waals surface area (Å²) in [6.07, 6.45) is 4.15. The summed E-state index contributed by atoms with van der Waals surface area (Å²) in [6.45, 7) is 3.67. The number of aromatic nitrogens is 2. The fourth-order valence-electron chi connectivity index (χ4n) is 1.34. The third-order valence-electron chi connectivity index (χ3n) is 2.45. The Hall–Kier alpha value is -0.992. The number of rotatable bonds is 2. The van der Waals surface area contributed by atoms with E-state index in [0.29, 0.717) is 6.54 Å². The number of hydrogen-bond donors (Lipinski definition) is 1. The smallest absolute Gasteiger partial charge is 0.123 e. The molecule has 2 N–H and O–H groups in total. The van der Waals surface area contributed by atoms with Crippen LogP contribution in [-0.2, 0) is 39.5 Å². The van der Waals surface area contributed by atoms with E-state index in [9.17, 15) is 4.39 Å². The molecule has 0 radical (unpaired) electrons. The van der Waals surface area contributed by atoms with Crippen LogP contribution in [0.2, 0.25) is 0 Å². The molecule has 0 saturated carbocycles. The summed E-state index contributed by atoms with van der Waals surface area (Å²) < 4.78 is 17.8. The molecule has 0 aliphatic heterocycles. The van der Waals surface area contributed by atoms with Gasteiger partial charge in [-0.25, -0.2) is 4.39 Å². The van der Waals surface area contributed by atoms with E-state index in [1.165, 1.54) is 15.9 Å². The predicted octanol–water partition coefficient (Wildman–Crippen LogP) is 2.21. The quantitative estimate of drug-likeness (QED) is 0.780. The van der Waals surface area contributed by atoms with E-state index in [0.717, 1.165) is 12.1 Å². The largest absolute Gasteiger partial charge is 0.326 e. The summed E-state index contributed by atoms with van der Waals surface area (Å²) in [7, 11) is 2.05. The molecular formula is C13H18FN3Pt. The van der Waals surface area contributed by atoms with Crippen molar-refractivity contribution < 1.29 is 23.7 Å². The van der Waals surface area contributed by atoms with Crippen LogP contribution in [0.1, 0.15) is 12.5 Å². The van der Waals surface area contributed by atoms with Crippen molar-refractivity contribution >= 4 is 0 Å². The second-order valence-corrected chi connectivity index (χ2v) is 4.78. The third-order valence-corrected chi connectivity index (χ3v) is 3.90. The van der Waals surface area contributed by atoms with Gasteiger partial charge in [0.25, 0.3) is 0 Å². The van der Waals surface area contributed by atoms with Crippen LogP contribution >= 0.6 is 0 Å². The van der Waals surface area contributed by atoms with Gasteiger partial charge in [0.2, 0.25) is 0 Å². The van der Waals surface area contributed by atoms with Crippen LogP contribution in [0.5, 0.6) is 0 Å². The van der Waals surface area contributed by atoms with E-state index < -0.39 is 0 Å². The molecule has 1 aromatic heterocycles. The maximum absolute atomic E-state index is 12.2. The first-order chi connectivity index (χ1) is 8.58. The van der Waals surface area contributed by atoms with E-state index >= 15 is 0 Å². The molecule has 18 heavy (non-hydrogen) atoms. The molecule has 0 fully saturated rings. The third kappa shape index (κ3) is 4.35. The minimum absolute atomic E-state index is 0.216. The maximum atomic E-state index is 12.2. The van der Waals surface area contributed by atoms with Gasteiger partial charge in [-0.15, -0.1) is 0 Å². The van der Waals surface area contributed by atoms with Gasteiger partial charge in [-0.3, -0.25) is 0 Å². The van der Waals surface area contributed by atoms with Gasteiger partial charge < -0.3 is 5.73 Å². The molecule has 0 atom stereocenters. The van der Waals surface area contributed by atoms with E-state index in [4.69, 9.17) is 5.73 Å². The SMILES string of the molecule is CCn1ccn(C)[c]1=[Pt].NCc1ccc(F)cc1. The zero-order chi connectivity index (χ0) is 13.5. The van der Waals surface area contributed by atoms with Crippen LogP contribution in [0.25, 0.3) is 0 Å². The van der Waals surface area contributed by atoms with Crippen molar-refractivity contribution in [3.63, 3.8) is 0 Å². The monoisotopic (exact) mass is 430 g/mol. The molecule has 5 heteroatoms. The molecule has 3 nitrogen and oxygen atoms in total. The number of imidazole rings is 1. The fourth-order valence-corrected chi connectivity index (χ4v) is 2.04. The first-order valence-electron chi connectivity index (χ1n) is 5.70. The first-order valence-corrected chi connectivity index (χ1v) is 6.83. The number of aryl methyl sites for hydroxylation is 2. The Morgan fingerprint density at radius 1 is 1.22 bits per heavy atom. The summed E-state index contributed by atoms with van der Waals surface area (Å²) in [5, 5.41) is 0. The van der Waals surface area contributed by atoms with Crippen molar-refractivity contribution in [3.05, 3.63) is 51.8 Å². The summed E-state index contributed by atoms with van der Waals surface area (Å²) in [4.78, 5) is 0. The van der Waals surface area contributed by atoms with E-state index in [-0.39, 0.29) is 5.82 Å². The Kier molecular flexibility index (Phi) is 6.23. The Bertz CT molecular complexity index is 528. The first kappa shape index (κ1) is 15.1. The Balaban J connectivity index is 0.000000180. The Morgan fingerprint density at radius 3 is 2.17 bits per heavy atom. The number of halogens is 1. The van der Waals surface area contributed by atoms with E-state index in [1.807, 2.05) is 0 Å². The van der Waals surface area contributed by atoms with Gasteiger partial charge in [0.15, 0.2) is 0 Å².